The predicted octanol–water partition coefficient (Wildman–Crippen LogP) is 1.10. The molecule has 2 amide bonds. The standard InChI is InChI=1S/C13H22F2N2O4/c1-9(2)13(11(19)20)3-4-17(8-13)12(21)16(5-6-18)7-10(14)15/h9-10,18H,3-8H2,1-2H3,(H,19,20). The first-order valence-electron chi connectivity index (χ1n) is 6.91. The molecule has 6 nitrogen and oxygen atoms in total. The summed E-state index contributed by atoms with van der Waals surface area (Å²) in [4.78, 5) is 25.9. The lowest BCUT2D eigenvalue weighted by Gasteiger charge is -2.31. The molecular formula is C13H22F2N2O4. The average molecular weight is 308 g/mol. The fourth-order valence-corrected chi connectivity index (χ4v) is 2.64. The van der Waals surface area contributed by atoms with E-state index in [2.05, 4.69) is 0 Å². The molecule has 0 aromatic carbocycles. The van der Waals surface area contributed by atoms with Gasteiger partial charge in [0.15, 0.2) is 0 Å². The number of carboxylic acids is 1. The fraction of sp³-hybridized carbons (Fsp3) is 0.846. The highest BCUT2D eigenvalue weighted by atomic mass is 19.3. The molecule has 0 aromatic rings. The molecule has 122 valence electrons. The van der Waals surface area contributed by atoms with E-state index in [4.69, 9.17) is 5.11 Å². The zero-order valence-electron chi connectivity index (χ0n) is 12.3. The van der Waals surface area contributed by atoms with Crippen molar-refractivity contribution < 1.29 is 28.6 Å². The maximum atomic E-state index is 12.5. The molecule has 1 atom stereocenters. The highest BCUT2D eigenvalue weighted by molar-refractivity contribution is 5.80. The molecule has 0 radical (unpaired) electrons. The van der Waals surface area contributed by atoms with E-state index in [-0.39, 0.29) is 25.6 Å². The number of amides is 2. The Bertz CT molecular complexity index is 392. The molecule has 2 N–H and O–H groups in total. The van der Waals surface area contributed by atoms with Crippen molar-refractivity contribution in [2.45, 2.75) is 26.7 Å². The van der Waals surface area contributed by atoms with Gasteiger partial charge in [-0.05, 0) is 12.3 Å². The molecule has 0 bridgehead atoms. The minimum Gasteiger partial charge on any atom is -0.481 e. The van der Waals surface area contributed by atoms with Crippen LogP contribution in [0, 0.1) is 11.3 Å². The number of hydrogen-bond acceptors (Lipinski definition) is 3. The molecule has 0 aliphatic carbocycles. The molecule has 1 unspecified atom stereocenters. The topological polar surface area (TPSA) is 81.1 Å². The van der Waals surface area contributed by atoms with Crippen molar-refractivity contribution in [2.75, 3.05) is 32.8 Å². The molecule has 0 saturated carbocycles. The summed E-state index contributed by atoms with van der Waals surface area (Å²) in [6.07, 6.45) is -2.40. The Balaban J connectivity index is 2.82. The lowest BCUT2D eigenvalue weighted by Crippen LogP contribution is -2.47. The number of aliphatic hydroxyl groups is 1. The van der Waals surface area contributed by atoms with Crippen LogP contribution in [0.3, 0.4) is 0 Å². The fourth-order valence-electron chi connectivity index (χ4n) is 2.64. The molecule has 1 aliphatic heterocycles. The Morgan fingerprint density at radius 3 is 2.38 bits per heavy atom. The van der Waals surface area contributed by atoms with Crippen LogP contribution in [0.5, 0.6) is 0 Å². The molecule has 21 heavy (non-hydrogen) atoms. The van der Waals surface area contributed by atoms with Crippen LogP contribution in [-0.4, -0.2) is 71.2 Å². The smallest absolute Gasteiger partial charge is 0.320 e. The molecule has 0 spiro atoms. The van der Waals surface area contributed by atoms with Crippen molar-refractivity contribution in [2.24, 2.45) is 11.3 Å². The van der Waals surface area contributed by atoms with Crippen LogP contribution in [0.1, 0.15) is 20.3 Å². The number of likely N-dealkylation sites (tertiary alicyclic amines) is 1. The zero-order valence-corrected chi connectivity index (χ0v) is 12.3. The van der Waals surface area contributed by atoms with Gasteiger partial charge in [0.05, 0.1) is 18.6 Å². The molecule has 8 heteroatoms. The van der Waals surface area contributed by atoms with E-state index in [9.17, 15) is 23.5 Å². The number of nitrogens with zero attached hydrogens (tertiary/aromatic N) is 2. The van der Waals surface area contributed by atoms with Crippen molar-refractivity contribution in [3.63, 3.8) is 0 Å². The zero-order chi connectivity index (χ0) is 16.2. The van der Waals surface area contributed by atoms with Crippen LogP contribution in [0.15, 0.2) is 0 Å². The highest BCUT2D eigenvalue weighted by Crippen LogP contribution is 2.38. The lowest BCUT2D eigenvalue weighted by atomic mass is 9.76. The molecule has 1 saturated heterocycles. The first-order chi connectivity index (χ1) is 9.74. The Morgan fingerprint density at radius 2 is 2.00 bits per heavy atom. The maximum Gasteiger partial charge on any atom is 0.320 e. The number of aliphatic hydroxyl groups excluding tert-OH is 1. The summed E-state index contributed by atoms with van der Waals surface area (Å²) in [5.41, 5.74) is -1.04. The number of carbonyl (C=O) groups is 2. The Labute approximate surface area is 122 Å². The van der Waals surface area contributed by atoms with Gasteiger partial charge in [-0.25, -0.2) is 13.6 Å². The van der Waals surface area contributed by atoms with Gasteiger partial charge in [0, 0.05) is 19.6 Å². The van der Waals surface area contributed by atoms with E-state index >= 15 is 0 Å². The highest BCUT2D eigenvalue weighted by Gasteiger charge is 2.49. The monoisotopic (exact) mass is 308 g/mol. The Kier molecular flexibility index (Phi) is 5.88. The van der Waals surface area contributed by atoms with Crippen LogP contribution in [0.25, 0.3) is 0 Å². The lowest BCUT2D eigenvalue weighted by molar-refractivity contribution is -0.150. The Morgan fingerprint density at radius 1 is 1.38 bits per heavy atom. The normalized spacial score (nSPS) is 22.1. The summed E-state index contributed by atoms with van der Waals surface area (Å²) in [5, 5.41) is 18.3. The van der Waals surface area contributed by atoms with Gasteiger partial charge in [-0.15, -0.1) is 0 Å². The van der Waals surface area contributed by atoms with E-state index in [1.807, 2.05) is 0 Å². The van der Waals surface area contributed by atoms with Gasteiger partial charge in [-0.3, -0.25) is 4.79 Å². The number of carboxylic acid groups (broad SMARTS) is 1. The molecular weight excluding hydrogens is 286 g/mol. The molecule has 1 heterocycles. The number of urea groups is 1. The number of aliphatic carboxylic acids is 1. The predicted molar refractivity (Wildman–Crippen MR) is 71.2 cm³/mol. The average Bonchev–Trinajstić information content (AvgIpc) is 2.83. The van der Waals surface area contributed by atoms with Gasteiger partial charge < -0.3 is 20.0 Å². The largest absolute Gasteiger partial charge is 0.481 e. The molecule has 1 rings (SSSR count). The maximum absolute atomic E-state index is 12.5. The van der Waals surface area contributed by atoms with Gasteiger partial charge in [-0.1, -0.05) is 13.8 Å². The summed E-state index contributed by atoms with van der Waals surface area (Å²) >= 11 is 0. The second-order valence-electron chi connectivity index (χ2n) is 5.63. The SMILES string of the molecule is CC(C)C1(C(=O)O)CCN(C(=O)N(CCO)CC(F)F)C1. The minimum absolute atomic E-state index is 0.00397. The summed E-state index contributed by atoms with van der Waals surface area (Å²) < 4.78 is 25.0. The first-order valence-corrected chi connectivity index (χ1v) is 6.91. The van der Waals surface area contributed by atoms with Gasteiger partial charge in [0.25, 0.3) is 6.43 Å². The third-order valence-corrected chi connectivity index (χ3v) is 4.10. The summed E-state index contributed by atoms with van der Waals surface area (Å²) in [5.74, 6) is -1.15. The summed E-state index contributed by atoms with van der Waals surface area (Å²) in [6.45, 7) is 2.39. The van der Waals surface area contributed by atoms with Crippen LogP contribution in [-0.2, 0) is 4.79 Å². The summed E-state index contributed by atoms with van der Waals surface area (Å²) in [7, 11) is 0. The van der Waals surface area contributed by atoms with Crippen LogP contribution >= 0.6 is 0 Å². The van der Waals surface area contributed by atoms with Crippen LogP contribution in [0.4, 0.5) is 13.6 Å². The molecule has 1 fully saturated rings. The quantitative estimate of drug-likeness (QED) is 0.770. The number of alkyl halides is 2. The van der Waals surface area contributed by atoms with Crippen molar-refractivity contribution >= 4 is 12.0 Å². The first kappa shape index (κ1) is 17.6. The minimum atomic E-state index is -2.70. The second kappa shape index (κ2) is 7.02. The number of halogens is 2. The van der Waals surface area contributed by atoms with Gasteiger partial charge in [-0.2, -0.15) is 0 Å². The van der Waals surface area contributed by atoms with Crippen molar-refractivity contribution in [3.05, 3.63) is 0 Å². The molecule has 1 aliphatic rings. The summed E-state index contributed by atoms with van der Waals surface area (Å²) in [6, 6.07) is -0.645. The van der Waals surface area contributed by atoms with E-state index in [1.54, 1.807) is 13.8 Å². The van der Waals surface area contributed by atoms with E-state index in [0.29, 0.717) is 6.42 Å². The second-order valence-corrected chi connectivity index (χ2v) is 5.63. The van der Waals surface area contributed by atoms with Gasteiger partial charge in [0.1, 0.15) is 0 Å². The van der Waals surface area contributed by atoms with E-state index < -0.39 is 37.0 Å². The van der Waals surface area contributed by atoms with Gasteiger partial charge in [0.2, 0.25) is 0 Å². The number of rotatable bonds is 6. The number of hydrogen-bond donors (Lipinski definition) is 2. The van der Waals surface area contributed by atoms with E-state index in [0.717, 1.165) is 4.90 Å². The number of carbonyl (C=O) groups excluding carboxylic acids is 1. The molecule has 0 aromatic heterocycles. The van der Waals surface area contributed by atoms with Crippen LogP contribution in [0.2, 0.25) is 0 Å². The van der Waals surface area contributed by atoms with Crippen molar-refractivity contribution in [3.8, 4) is 0 Å². The Hall–Kier alpha value is -1.44. The third-order valence-electron chi connectivity index (χ3n) is 4.10. The van der Waals surface area contributed by atoms with Crippen molar-refractivity contribution in [1.29, 1.82) is 0 Å². The van der Waals surface area contributed by atoms with Crippen molar-refractivity contribution in [1.82, 2.24) is 9.80 Å². The van der Waals surface area contributed by atoms with Gasteiger partial charge >= 0.3 is 12.0 Å². The van der Waals surface area contributed by atoms with E-state index in [1.165, 1.54) is 4.90 Å². The third kappa shape index (κ3) is 3.81. The van der Waals surface area contributed by atoms with Crippen LogP contribution < -0.4 is 0 Å².